The normalized spacial score (nSPS) is 11.4. The van der Waals surface area contributed by atoms with E-state index in [1.807, 2.05) is 86.5 Å². The van der Waals surface area contributed by atoms with Crippen LogP contribution in [0.25, 0.3) is 0 Å². The van der Waals surface area contributed by atoms with Crippen LogP contribution in [-0.4, -0.2) is 60.1 Å². The molecule has 0 radical (unpaired) electrons. The zero-order chi connectivity index (χ0) is 18.4. The summed E-state index contributed by atoms with van der Waals surface area (Å²) in [5.74, 6) is 0. The van der Waals surface area contributed by atoms with Gasteiger partial charge in [-0.3, -0.25) is 0 Å². The number of carbonyl (C=O) groups is 2. The van der Waals surface area contributed by atoms with Gasteiger partial charge in [-0.1, -0.05) is 0 Å². The second-order valence-corrected chi connectivity index (χ2v) is 12.3. The summed E-state index contributed by atoms with van der Waals surface area (Å²) in [6.45, 7) is 0.731. The van der Waals surface area contributed by atoms with E-state index in [2.05, 4.69) is 0 Å². The van der Waals surface area contributed by atoms with Crippen molar-refractivity contribution in [2.75, 3.05) is 38.0 Å². The summed E-state index contributed by atoms with van der Waals surface area (Å²) < 4.78 is 12.4. The number of anilines is 2. The number of rotatable bonds is 8. The number of carbonyl (C=O) groups excluding carboxylic acids is 2. The van der Waals surface area contributed by atoms with E-state index in [1.165, 1.54) is 0 Å². The van der Waals surface area contributed by atoms with Crippen molar-refractivity contribution in [1.29, 1.82) is 0 Å². The second-order valence-electron chi connectivity index (χ2n) is 5.66. The second kappa shape index (κ2) is 8.23. The van der Waals surface area contributed by atoms with Gasteiger partial charge in [-0.15, -0.1) is 0 Å². The van der Waals surface area contributed by atoms with E-state index in [4.69, 9.17) is 6.20 Å². The van der Waals surface area contributed by atoms with E-state index < -0.39 is 19.0 Å². The van der Waals surface area contributed by atoms with Crippen LogP contribution >= 0.6 is 0 Å². The molecule has 7 heteroatoms. The van der Waals surface area contributed by atoms with Crippen LogP contribution in [0.4, 0.5) is 11.4 Å². The van der Waals surface area contributed by atoms with Crippen molar-refractivity contribution < 1.29 is 15.8 Å². The van der Waals surface area contributed by atoms with Crippen LogP contribution in [0, 0.1) is 0 Å². The van der Waals surface area contributed by atoms with Crippen molar-refractivity contribution in [3.8, 4) is 0 Å². The van der Waals surface area contributed by atoms with E-state index in [1.54, 1.807) is 0 Å². The Labute approximate surface area is 152 Å². The molecule has 0 aliphatic rings. The number of hydrogen-bond donors (Lipinski definition) is 0. The standard InChI is InChI=1S/C18H22N2O4Te/c1-19(2)15-5-9-17(10-6-15)25(23-13-21,24-14-22)18-11-7-16(8-12-18)20(3)4/h5-14H,1-4H3. The summed E-state index contributed by atoms with van der Waals surface area (Å²) in [7, 11) is 7.75. The molecule has 0 aliphatic carbocycles. The predicted molar refractivity (Wildman–Crippen MR) is 101 cm³/mol. The molecular formula is C18H22N2O4Te. The Hall–Kier alpha value is -2.23. The molecule has 2 rings (SSSR count). The van der Waals surface area contributed by atoms with E-state index in [9.17, 15) is 9.59 Å². The molecule has 0 spiro atoms. The number of nitrogens with zero attached hydrogens (tertiary/aromatic N) is 2. The van der Waals surface area contributed by atoms with Gasteiger partial charge in [0.05, 0.1) is 0 Å². The van der Waals surface area contributed by atoms with Gasteiger partial charge in [-0.2, -0.15) is 0 Å². The molecule has 25 heavy (non-hydrogen) atoms. The molecule has 0 unspecified atom stereocenters. The van der Waals surface area contributed by atoms with Gasteiger partial charge in [0.25, 0.3) is 0 Å². The molecule has 0 atom stereocenters. The Morgan fingerprint density at radius 2 is 1.00 bits per heavy atom. The molecule has 2 aromatic carbocycles. The summed E-state index contributed by atoms with van der Waals surface area (Å²) >= 11 is -4.10. The van der Waals surface area contributed by atoms with Gasteiger partial charge in [0.2, 0.25) is 0 Å². The maximum atomic E-state index is 11.2. The van der Waals surface area contributed by atoms with Crippen LogP contribution in [0.3, 0.4) is 0 Å². The SMILES string of the molecule is CN(C)c1ccc([Te](OC=O)(OC=O)c2ccc(N(C)C)cc2)cc1. The summed E-state index contributed by atoms with van der Waals surface area (Å²) in [5.41, 5.74) is 2.00. The molecular weight excluding hydrogens is 436 g/mol. The fraction of sp³-hybridized carbons (Fsp3) is 0.222. The Morgan fingerprint density at radius 3 is 1.24 bits per heavy atom. The van der Waals surface area contributed by atoms with E-state index in [0.29, 0.717) is 12.9 Å². The zero-order valence-corrected chi connectivity index (χ0v) is 17.0. The van der Waals surface area contributed by atoms with Gasteiger partial charge in [0, 0.05) is 0 Å². The Bertz CT molecular complexity index is 651. The third-order valence-electron chi connectivity index (χ3n) is 3.68. The number of hydrogen-bond acceptors (Lipinski definition) is 6. The van der Waals surface area contributed by atoms with Crippen LogP contribution in [-0.2, 0) is 15.8 Å². The molecule has 2 aromatic rings. The minimum absolute atomic E-state index is 0.365. The summed E-state index contributed by atoms with van der Waals surface area (Å²) in [4.78, 5) is 26.3. The Balaban J connectivity index is 2.55. The van der Waals surface area contributed by atoms with Crippen molar-refractivity contribution in [3.05, 3.63) is 48.5 Å². The van der Waals surface area contributed by atoms with Crippen LogP contribution < -0.4 is 17.0 Å². The van der Waals surface area contributed by atoms with E-state index in [-0.39, 0.29) is 0 Å². The van der Waals surface area contributed by atoms with E-state index in [0.717, 1.165) is 18.6 Å². The van der Waals surface area contributed by atoms with Gasteiger partial charge in [0.1, 0.15) is 0 Å². The van der Waals surface area contributed by atoms with Gasteiger partial charge in [0.15, 0.2) is 0 Å². The van der Waals surface area contributed by atoms with Crippen molar-refractivity contribution in [2.24, 2.45) is 0 Å². The molecule has 0 amide bonds. The van der Waals surface area contributed by atoms with Crippen LogP contribution in [0.5, 0.6) is 0 Å². The average molecular weight is 458 g/mol. The third-order valence-corrected chi connectivity index (χ3v) is 10.8. The molecule has 134 valence electrons. The third kappa shape index (κ3) is 4.06. The average Bonchev–Trinajstić information content (AvgIpc) is 2.61. The van der Waals surface area contributed by atoms with Gasteiger partial charge in [-0.05, 0) is 0 Å². The summed E-state index contributed by atoms with van der Waals surface area (Å²) in [6, 6.07) is 15.0. The van der Waals surface area contributed by atoms with Crippen molar-refractivity contribution in [3.63, 3.8) is 0 Å². The molecule has 0 aromatic heterocycles. The molecule has 0 bridgehead atoms. The van der Waals surface area contributed by atoms with Crippen molar-refractivity contribution >= 4 is 50.5 Å². The zero-order valence-electron chi connectivity index (χ0n) is 14.7. The first-order valence-corrected chi connectivity index (χ1v) is 11.8. The fourth-order valence-corrected chi connectivity index (χ4v) is 7.97. The molecule has 0 saturated heterocycles. The Morgan fingerprint density at radius 1 is 0.680 bits per heavy atom. The molecule has 0 fully saturated rings. The molecule has 6 nitrogen and oxygen atoms in total. The molecule has 0 heterocycles. The molecule has 0 aliphatic heterocycles. The quantitative estimate of drug-likeness (QED) is 0.430. The first kappa shape index (κ1) is 19.1. The van der Waals surface area contributed by atoms with Crippen molar-refractivity contribution in [1.82, 2.24) is 0 Å². The fourth-order valence-electron chi connectivity index (χ4n) is 2.34. The van der Waals surface area contributed by atoms with Gasteiger partial charge < -0.3 is 0 Å². The summed E-state index contributed by atoms with van der Waals surface area (Å²) in [5, 5.41) is 0. The topological polar surface area (TPSA) is 59.1 Å². The monoisotopic (exact) mass is 460 g/mol. The minimum atomic E-state index is -4.10. The maximum absolute atomic E-state index is 11.2. The van der Waals surface area contributed by atoms with Crippen LogP contribution in [0.15, 0.2) is 48.5 Å². The van der Waals surface area contributed by atoms with Gasteiger partial charge in [-0.25, -0.2) is 0 Å². The number of benzene rings is 2. The predicted octanol–water partition coefficient (Wildman–Crippen LogP) is 0.721. The van der Waals surface area contributed by atoms with Gasteiger partial charge >= 0.3 is 153 Å². The van der Waals surface area contributed by atoms with Crippen molar-refractivity contribution in [2.45, 2.75) is 0 Å². The molecule has 0 N–H and O–H groups in total. The summed E-state index contributed by atoms with van der Waals surface area (Å²) in [6.07, 6.45) is 0. The van der Waals surface area contributed by atoms with Crippen LogP contribution in [0.2, 0.25) is 0 Å². The first-order valence-electron chi connectivity index (χ1n) is 7.56. The van der Waals surface area contributed by atoms with Crippen LogP contribution in [0.1, 0.15) is 0 Å². The first-order chi connectivity index (χ1) is 11.9. The Kier molecular flexibility index (Phi) is 6.29. The van der Waals surface area contributed by atoms with E-state index >= 15 is 0 Å². The molecule has 0 saturated carbocycles.